The minimum absolute atomic E-state index is 0.155. The number of benzene rings is 1. The van der Waals surface area contributed by atoms with E-state index in [1.54, 1.807) is 19.4 Å². The van der Waals surface area contributed by atoms with Crippen LogP contribution in [0.5, 0.6) is 5.75 Å². The summed E-state index contributed by atoms with van der Waals surface area (Å²) in [5.74, 6) is 0.595. The fourth-order valence-electron chi connectivity index (χ4n) is 2.19. The van der Waals surface area contributed by atoms with Crippen LogP contribution in [0.25, 0.3) is 0 Å². The third-order valence-electron chi connectivity index (χ3n) is 3.45. The summed E-state index contributed by atoms with van der Waals surface area (Å²) < 4.78 is 5.30. The van der Waals surface area contributed by atoms with E-state index in [4.69, 9.17) is 4.74 Å². The molecule has 0 spiro atoms. The molecule has 1 heterocycles. The van der Waals surface area contributed by atoms with Crippen molar-refractivity contribution in [2.45, 2.75) is 6.42 Å². The van der Waals surface area contributed by atoms with Gasteiger partial charge < -0.3 is 20.3 Å². The molecule has 2 aromatic rings. The number of ether oxygens (including phenoxy) is 1. The summed E-state index contributed by atoms with van der Waals surface area (Å²) in [6.45, 7) is 1.58. The monoisotopic (exact) mass is 328 g/mol. The molecule has 2 rings (SSSR count). The van der Waals surface area contributed by atoms with E-state index in [9.17, 15) is 4.79 Å². The van der Waals surface area contributed by atoms with Crippen molar-refractivity contribution >= 4 is 17.3 Å². The minimum atomic E-state index is -0.155. The zero-order valence-corrected chi connectivity index (χ0v) is 14.4. The van der Waals surface area contributed by atoms with Crippen LogP contribution < -0.4 is 15.4 Å². The zero-order valence-electron chi connectivity index (χ0n) is 14.4. The van der Waals surface area contributed by atoms with Crippen molar-refractivity contribution in [2.24, 2.45) is 0 Å². The van der Waals surface area contributed by atoms with Crippen LogP contribution >= 0.6 is 0 Å². The van der Waals surface area contributed by atoms with Gasteiger partial charge in [0.25, 0.3) is 5.91 Å². The Hall–Kier alpha value is -2.60. The normalized spacial score (nSPS) is 10.5. The maximum atomic E-state index is 12.0. The largest absolute Gasteiger partial charge is 0.495 e. The van der Waals surface area contributed by atoms with Gasteiger partial charge in [-0.25, -0.2) is 4.98 Å². The van der Waals surface area contributed by atoms with Gasteiger partial charge in [0.1, 0.15) is 11.4 Å². The second-order valence-electron chi connectivity index (χ2n) is 5.67. The highest BCUT2D eigenvalue weighted by Crippen LogP contribution is 2.26. The number of methoxy groups -OCH3 is 1. The van der Waals surface area contributed by atoms with Gasteiger partial charge in [-0.2, -0.15) is 0 Å². The summed E-state index contributed by atoms with van der Waals surface area (Å²) in [6.07, 6.45) is 2.55. The molecule has 1 aromatic carbocycles. The highest BCUT2D eigenvalue weighted by atomic mass is 16.5. The van der Waals surface area contributed by atoms with Crippen molar-refractivity contribution < 1.29 is 9.53 Å². The summed E-state index contributed by atoms with van der Waals surface area (Å²) in [5.41, 5.74) is 2.05. The maximum Gasteiger partial charge on any atom is 0.269 e. The number of rotatable bonds is 8. The lowest BCUT2D eigenvalue weighted by molar-refractivity contribution is 0.0947. The first kappa shape index (κ1) is 17.7. The smallest absolute Gasteiger partial charge is 0.269 e. The van der Waals surface area contributed by atoms with E-state index in [-0.39, 0.29) is 5.91 Å². The number of carbonyl (C=O) groups is 1. The minimum Gasteiger partial charge on any atom is -0.495 e. The first-order valence-corrected chi connectivity index (χ1v) is 7.89. The molecule has 1 aromatic heterocycles. The third-order valence-corrected chi connectivity index (χ3v) is 3.45. The highest BCUT2D eigenvalue weighted by Gasteiger charge is 2.07. The predicted octanol–water partition coefficient (Wildman–Crippen LogP) is 2.52. The molecule has 2 N–H and O–H groups in total. The maximum absolute atomic E-state index is 12.0. The Morgan fingerprint density at radius 1 is 1.21 bits per heavy atom. The molecule has 6 heteroatoms. The molecule has 0 saturated heterocycles. The number of nitrogens with zero attached hydrogens (tertiary/aromatic N) is 2. The molecule has 0 aliphatic rings. The van der Waals surface area contributed by atoms with Crippen molar-refractivity contribution in [1.82, 2.24) is 15.2 Å². The molecular formula is C18H24N4O2. The Kier molecular flexibility index (Phi) is 6.57. The quantitative estimate of drug-likeness (QED) is 0.729. The Labute approximate surface area is 142 Å². The number of nitrogens with one attached hydrogen (secondary N) is 2. The number of anilines is 2. The Morgan fingerprint density at radius 2 is 2.00 bits per heavy atom. The van der Waals surface area contributed by atoms with E-state index in [1.165, 1.54) is 0 Å². The lowest BCUT2D eigenvalue weighted by atomic mass is 10.2. The summed E-state index contributed by atoms with van der Waals surface area (Å²) in [6, 6.07) is 11.2. The molecule has 0 radical (unpaired) electrons. The summed E-state index contributed by atoms with van der Waals surface area (Å²) >= 11 is 0. The van der Waals surface area contributed by atoms with E-state index in [2.05, 4.69) is 20.5 Å². The van der Waals surface area contributed by atoms with Gasteiger partial charge in [0.05, 0.1) is 24.7 Å². The molecule has 0 unspecified atom stereocenters. The lowest BCUT2D eigenvalue weighted by Gasteiger charge is -2.11. The van der Waals surface area contributed by atoms with Crippen LogP contribution in [0.3, 0.4) is 0 Å². The van der Waals surface area contributed by atoms with Crippen LogP contribution in [0.4, 0.5) is 11.4 Å². The SMILES string of the molecule is COc1ccccc1Nc1ccc(C(=O)NCCCN(C)C)nc1. The van der Waals surface area contributed by atoms with Crippen molar-refractivity contribution in [3.8, 4) is 5.75 Å². The fraction of sp³-hybridized carbons (Fsp3) is 0.333. The molecule has 0 atom stereocenters. The third kappa shape index (κ3) is 5.24. The molecule has 0 saturated carbocycles. The van der Waals surface area contributed by atoms with E-state index in [0.29, 0.717) is 12.2 Å². The molecule has 6 nitrogen and oxygen atoms in total. The number of amides is 1. The van der Waals surface area contributed by atoms with Gasteiger partial charge in [0, 0.05) is 6.54 Å². The van der Waals surface area contributed by atoms with Crippen LogP contribution in [-0.4, -0.2) is 50.1 Å². The number of hydrogen-bond donors (Lipinski definition) is 2. The van der Waals surface area contributed by atoms with Crippen LogP contribution in [0, 0.1) is 0 Å². The van der Waals surface area contributed by atoms with E-state index >= 15 is 0 Å². The molecule has 0 bridgehead atoms. The second-order valence-corrected chi connectivity index (χ2v) is 5.67. The number of carbonyl (C=O) groups excluding carboxylic acids is 1. The number of aromatic nitrogens is 1. The van der Waals surface area contributed by atoms with Gasteiger partial charge in [-0.15, -0.1) is 0 Å². The zero-order chi connectivity index (χ0) is 17.4. The van der Waals surface area contributed by atoms with Crippen molar-refractivity contribution in [3.05, 3.63) is 48.3 Å². The average Bonchev–Trinajstić information content (AvgIpc) is 2.59. The summed E-state index contributed by atoms with van der Waals surface area (Å²) in [7, 11) is 5.65. The van der Waals surface area contributed by atoms with Crippen LogP contribution in [0.15, 0.2) is 42.6 Å². The van der Waals surface area contributed by atoms with Gasteiger partial charge in [-0.05, 0) is 51.3 Å². The Morgan fingerprint density at radius 3 is 2.67 bits per heavy atom. The van der Waals surface area contributed by atoms with Gasteiger partial charge in [0.15, 0.2) is 0 Å². The predicted molar refractivity (Wildman–Crippen MR) is 96.0 cm³/mol. The summed E-state index contributed by atoms with van der Waals surface area (Å²) in [5, 5.41) is 6.10. The van der Waals surface area contributed by atoms with Gasteiger partial charge in [-0.1, -0.05) is 12.1 Å². The molecule has 0 aliphatic heterocycles. The molecule has 128 valence electrons. The average molecular weight is 328 g/mol. The number of pyridine rings is 1. The van der Waals surface area contributed by atoms with Gasteiger partial charge in [-0.3, -0.25) is 4.79 Å². The summed E-state index contributed by atoms with van der Waals surface area (Å²) in [4.78, 5) is 18.3. The van der Waals surface area contributed by atoms with Crippen LogP contribution in [0.2, 0.25) is 0 Å². The van der Waals surface area contributed by atoms with Gasteiger partial charge >= 0.3 is 0 Å². The van der Waals surface area contributed by atoms with Crippen molar-refractivity contribution in [3.63, 3.8) is 0 Å². The van der Waals surface area contributed by atoms with Crippen LogP contribution in [-0.2, 0) is 0 Å². The van der Waals surface area contributed by atoms with Crippen molar-refractivity contribution in [1.29, 1.82) is 0 Å². The number of para-hydroxylation sites is 2. The Bertz CT molecular complexity index is 656. The van der Waals surface area contributed by atoms with Crippen LogP contribution in [0.1, 0.15) is 16.9 Å². The highest BCUT2D eigenvalue weighted by molar-refractivity contribution is 5.92. The van der Waals surface area contributed by atoms with Crippen molar-refractivity contribution in [2.75, 3.05) is 39.6 Å². The van der Waals surface area contributed by atoms with E-state index in [1.807, 2.05) is 44.4 Å². The number of hydrogen-bond acceptors (Lipinski definition) is 5. The van der Waals surface area contributed by atoms with E-state index in [0.717, 1.165) is 30.1 Å². The molecular weight excluding hydrogens is 304 g/mol. The fourth-order valence-corrected chi connectivity index (χ4v) is 2.19. The second kappa shape index (κ2) is 8.88. The topological polar surface area (TPSA) is 66.5 Å². The van der Waals surface area contributed by atoms with Gasteiger partial charge in [0.2, 0.25) is 0 Å². The molecule has 0 fully saturated rings. The Balaban J connectivity index is 1.91. The molecule has 0 aliphatic carbocycles. The molecule has 24 heavy (non-hydrogen) atoms. The standard InChI is InChI=1S/C18H24N4O2/c1-22(2)12-6-11-19-18(23)16-10-9-14(13-20-16)21-15-7-4-5-8-17(15)24-3/h4-5,7-10,13,21H,6,11-12H2,1-3H3,(H,19,23). The first-order chi connectivity index (χ1) is 11.6. The van der Waals surface area contributed by atoms with E-state index < -0.39 is 0 Å². The first-order valence-electron chi connectivity index (χ1n) is 7.89. The lowest BCUT2D eigenvalue weighted by Crippen LogP contribution is -2.27. The molecule has 1 amide bonds.